The number of pyridine rings is 1. The molecule has 1 heterocycles. The lowest BCUT2D eigenvalue weighted by Gasteiger charge is -2.18. The van der Waals surface area contributed by atoms with Crippen molar-refractivity contribution in [3.63, 3.8) is 0 Å². The Hall–Kier alpha value is -3.21. The Morgan fingerprint density at radius 3 is 2.64 bits per heavy atom. The standard InChI is InChI=1S/C23H25N3O2/c1-5-26(3)15-24-20-14-18-12-9-13-19(22(18)25-16(20)2)21(23(27)28-4)17-10-7-6-8-11-17/h6-15,21H,5H2,1-4H3/b24-15+. The number of aromatic nitrogens is 1. The maximum absolute atomic E-state index is 12.6. The molecule has 1 unspecified atom stereocenters. The van der Waals surface area contributed by atoms with Gasteiger partial charge in [0, 0.05) is 19.0 Å². The molecule has 0 N–H and O–H groups in total. The predicted molar refractivity (Wildman–Crippen MR) is 113 cm³/mol. The van der Waals surface area contributed by atoms with Gasteiger partial charge in [-0.1, -0.05) is 48.5 Å². The average molecular weight is 375 g/mol. The molecule has 3 rings (SSSR count). The second-order valence-electron chi connectivity index (χ2n) is 6.70. The highest BCUT2D eigenvalue weighted by Crippen LogP contribution is 2.33. The fourth-order valence-electron chi connectivity index (χ4n) is 3.11. The number of para-hydroxylation sites is 1. The number of aryl methyl sites for hydroxylation is 1. The van der Waals surface area contributed by atoms with Gasteiger partial charge >= 0.3 is 5.97 Å². The van der Waals surface area contributed by atoms with Gasteiger partial charge in [0.2, 0.25) is 0 Å². The number of benzene rings is 2. The number of rotatable bonds is 6. The Kier molecular flexibility index (Phi) is 6.04. The maximum Gasteiger partial charge on any atom is 0.317 e. The number of esters is 1. The number of carbonyl (C=O) groups is 1. The van der Waals surface area contributed by atoms with Crippen molar-refractivity contribution >= 4 is 28.9 Å². The van der Waals surface area contributed by atoms with Gasteiger partial charge < -0.3 is 9.64 Å². The lowest BCUT2D eigenvalue weighted by Crippen LogP contribution is -2.16. The molecule has 0 aliphatic heterocycles. The summed E-state index contributed by atoms with van der Waals surface area (Å²) >= 11 is 0. The van der Waals surface area contributed by atoms with Crippen LogP contribution in [-0.2, 0) is 9.53 Å². The van der Waals surface area contributed by atoms with Gasteiger partial charge in [-0.2, -0.15) is 0 Å². The van der Waals surface area contributed by atoms with Crippen molar-refractivity contribution in [3.8, 4) is 0 Å². The van der Waals surface area contributed by atoms with Crippen LogP contribution in [0.5, 0.6) is 0 Å². The number of ether oxygens (including phenoxy) is 1. The molecule has 0 spiro atoms. The molecule has 0 amide bonds. The van der Waals surface area contributed by atoms with Crippen molar-refractivity contribution in [3.05, 3.63) is 71.4 Å². The SMILES string of the molecule is CCN(C)/C=N/c1cc2cccc(C(C(=O)OC)c3ccccc3)c2nc1C. The third kappa shape index (κ3) is 4.03. The first kappa shape index (κ1) is 19.5. The number of aliphatic imine (C=N–C) groups is 1. The van der Waals surface area contributed by atoms with Gasteiger partial charge in [0.05, 0.1) is 30.3 Å². The highest BCUT2D eigenvalue weighted by molar-refractivity contribution is 5.92. The topological polar surface area (TPSA) is 54.8 Å². The Morgan fingerprint density at radius 2 is 1.96 bits per heavy atom. The zero-order valence-electron chi connectivity index (χ0n) is 16.7. The van der Waals surface area contributed by atoms with E-state index < -0.39 is 5.92 Å². The Labute approximate surface area is 165 Å². The molecule has 1 aromatic heterocycles. The van der Waals surface area contributed by atoms with Gasteiger partial charge in [-0.3, -0.25) is 9.78 Å². The fourth-order valence-corrected chi connectivity index (χ4v) is 3.11. The van der Waals surface area contributed by atoms with E-state index in [2.05, 4.69) is 11.9 Å². The van der Waals surface area contributed by atoms with Crippen molar-refractivity contribution in [1.29, 1.82) is 0 Å². The van der Waals surface area contributed by atoms with E-state index in [1.54, 1.807) is 6.34 Å². The van der Waals surface area contributed by atoms with Gasteiger partial charge in [0.15, 0.2) is 0 Å². The minimum atomic E-state index is -0.526. The van der Waals surface area contributed by atoms with Crippen LogP contribution in [0.2, 0.25) is 0 Å². The fraction of sp³-hybridized carbons (Fsp3) is 0.261. The van der Waals surface area contributed by atoms with E-state index in [9.17, 15) is 4.79 Å². The van der Waals surface area contributed by atoms with Gasteiger partial charge in [-0.25, -0.2) is 4.99 Å². The maximum atomic E-state index is 12.6. The molecule has 0 aliphatic rings. The molecule has 2 aromatic carbocycles. The normalized spacial score (nSPS) is 12.3. The molecule has 0 saturated heterocycles. The van der Waals surface area contributed by atoms with Crippen LogP contribution in [0.15, 0.2) is 59.6 Å². The summed E-state index contributed by atoms with van der Waals surface area (Å²) in [5, 5.41) is 0.944. The van der Waals surface area contributed by atoms with E-state index in [0.29, 0.717) is 0 Å². The highest BCUT2D eigenvalue weighted by atomic mass is 16.5. The first-order valence-corrected chi connectivity index (χ1v) is 9.32. The van der Waals surface area contributed by atoms with Crippen LogP contribution in [0.25, 0.3) is 10.9 Å². The van der Waals surface area contributed by atoms with E-state index >= 15 is 0 Å². The lowest BCUT2D eigenvalue weighted by atomic mass is 9.89. The number of nitrogens with zero attached hydrogens (tertiary/aromatic N) is 3. The van der Waals surface area contributed by atoms with Crippen LogP contribution in [0, 0.1) is 6.92 Å². The van der Waals surface area contributed by atoms with Crippen molar-refractivity contribution in [1.82, 2.24) is 9.88 Å². The van der Waals surface area contributed by atoms with E-state index in [1.165, 1.54) is 7.11 Å². The van der Waals surface area contributed by atoms with Crippen LogP contribution in [-0.4, -0.2) is 42.9 Å². The first-order valence-electron chi connectivity index (χ1n) is 9.32. The summed E-state index contributed by atoms with van der Waals surface area (Å²) in [5.41, 5.74) is 4.14. The molecule has 0 radical (unpaired) electrons. The van der Waals surface area contributed by atoms with Crippen molar-refractivity contribution < 1.29 is 9.53 Å². The quantitative estimate of drug-likeness (QED) is 0.363. The summed E-state index contributed by atoms with van der Waals surface area (Å²) < 4.78 is 5.11. The molecule has 0 fully saturated rings. The summed E-state index contributed by atoms with van der Waals surface area (Å²) in [7, 11) is 3.39. The number of carbonyl (C=O) groups excluding carboxylic acids is 1. The summed E-state index contributed by atoms with van der Waals surface area (Å²) in [6.45, 7) is 4.89. The van der Waals surface area contributed by atoms with Gasteiger partial charge in [0.25, 0.3) is 0 Å². The van der Waals surface area contributed by atoms with Crippen LogP contribution >= 0.6 is 0 Å². The molecular weight excluding hydrogens is 350 g/mol. The van der Waals surface area contributed by atoms with E-state index in [-0.39, 0.29) is 5.97 Å². The van der Waals surface area contributed by atoms with Crippen LogP contribution in [0.3, 0.4) is 0 Å². The van der Waals surface area contributed by atoms with Crippen molar-refractivity contribution in [2.45, 2.75) is 19.8 Å². The van der Waals surface area contributed by atoms with Crippen LogP contribution in [0.4, 0.5) is 5.69 Å². The minimum absolute atomic E-state index is 0.301. The second-order valence-corrected chi connectivity index (χ2v) is 6.70. The largest absolute Gasteiger partial charge is 0.468 e. The van der Waals surface area contributed by atoms with E-state index in [4.69, 9.17) is 9.72 Å². The Bertz CT molecular complexity index is 999. The first-order chi connectivity index (χ1) is 13.5. The molecule has 0 saturated carbocycles. The van der Waals surface area contributed by atoms with Gasteiger partial charge in [-0.15, -0.1) is 0 Å². The predicted octanol–water partition coefficient (Wildman–Crippen LogP) is 4.46. The average Bonchev–Trinajstić information content (AvgIpc) is 2.73. The third-order valence-electron chi connectivity index (χ3n) is 4.81. The highest BCUT2D eigenvalue weighted by Gasteiger charge is 2.26. The number of hydrogen-bond donors (Lipinski definition) is 0. The lowest BCUT2D eigenvalue weighted by molar-refractivity contribution is -0.141. The van der Waals surface area contributed by atoms with E-state index in [1.807, 2.05) is 73.5 Å². The summed E-state index contributed by atoms with van der Waals surface area (Å²) in [5.74, 6) is -0.827. The molecule has 0 bridgehead atoms. The summed E-state index contributed by atoms with van der Waals surface area (Å²) in [6.07, 6.45) is 1.81. The number of fused-ring (bicyclic) bond motifs is 1. The number of methoxy groups -OCH3 is 1. The zero-order valence-corrected chi connectivity index (χ0v) is 16.7. The van der Waals surface area contributed by atoms with Crippen molar-refractivity contribution in [2.75, 3.05) is 20.7 Å². The van der Waals surface area contributed by atoms with Gasteiger partial charge in [0.1, 0.15) is 5.92 Å². The Morgan fingerprint density at radius 1 is 1.21 bits per heavy atom. The van der Waals surface area contributed by atoms with Crippen LogP contribution in [0.1, 0.15) is 29.7 Å². The Balaban J connectivity index is 2.14. The third-order valence-corrected chi connectivity index (χ3v) is 4.81. The van der Waals surface area contributed by atoms with Crippen molar-refractivity contribution in [2.24, 2.45) is 4.99 Å². The van der Waals surface area contributed by atoms with Gasteiger partial charge in [-0.05, 0) is 31.0 Å². The molecule has 1 atom stereocenters. The number of hydrogen-bond acceptors (Lipinski definition) is 4. The molecule has 5 nitrogen and oxygen atoms in total. The summed E-state index contributed by atoms with van der Waals surface area (Å²) in [6, 6.07) is 17.5. The molecule has 5 heteroatoms. The smallest absolute Gasteiger partial charge is 0.317 e. The molecular formula is C23H25N3O2. The molecule has 28 heavy (non-hydrogen) atoms. The zero-order chi connectivity index (χ0) is 20.1. The van der Waals surface area contributed by atoms with E-state index in [0.717, 1.165) is 40.0 Å². The summed E-state index contributed by atoms with van der Waals surface area (Å²) in [4.78, 5) is 24.0. The molecule has 3 aromatic rings. The van der Waals surface area contributed by atoms with Crippen LogP contribution < -0.4 is 0 Å². The molecule has 144 valence electrons. The monoisotopic (exact) mass is 375 g/mol. The molecule has 0 aliphatic carbocycles. The second kappa shape index (κ2) is 8.65. The minimum Gasteiger partial charge on any atom is -0.468 e.